The maximum atomic E-state index is 6.94. The molecule has 4 nitrogen and oxygen atoms in total. The van der Waals surface area contributed by atoms with Crippen LogP contribution in [0.2, 0.25) is 6.32 Å². The predicted octanol–water partition coefficient (Wildman–Crippen LogP) is 9.50. The Bertz CT molecular complexity index is 1780. The van der Waals surface area contributed by atoms with E-state index in [1.54, 1.807) is 0 Å². The molecular formula is C40H34B2O4. The molecule has 224 valence electrons. The molecule has 2 aliphatic heterocycles. The third-order valence-corrected chi connectivity index (χ3v) is 9.20. The van der Waals surface area contributed by atoms with Gasteiger partial charge in [-0.15, -0.1) is 0 Å². The molecule has 0 spiro atoms. The highest BCUT2D eigenvalue weighted by Gasteiger charge is 2.50. The van der Waals surface area contributed by atoms with Gasteiger partial charge in [-0.2, -0.15) is 0 Å². The molecule has 46 heavy (non-hydrogen) atoms. The van der Waals surface area contributed by atoms with Crippen molar-refractivity contribution in [2.45, 2.75) is 36.6 Å². The number of hydrogen-bond acceptors (Lipinski definition) is 4. The Balaban J connectivity index is 1.16. The van der Waals surface area contributed by atoms with Crippen LogP contribution < -0.4 is 0 Å². The van der Waals surface area contributed by atoms with Crippen LogP contribution in [0.4, 0.5) is 0 Å². The van der Waals surface area contributed by atoms with Gasteiger partial charge in [0.15, 0.2) is 0 Å². The zero-order valence-corrected chi connectivity index (χ0v) is 25.5. The predicted molar refractivity (Wildman–Crippen MR) is 184 cm³/mol. The van der Waals surface area contributed by atoms with E-state index in [0.717, 1.165) is 27.8 Å². The largest absolute Gasteiger partial charge is 0.465 e. The summed E-state index contributed by atoms with van der Waals surface area (Å²) in [6, 6.07) is 56.6. The molecule has 0 radical (unpaired) electrons. The monoisotopic (exact) mass is 600 g/mol. The summed E-state index contributed by atoms with van der Waals surface area (Å²) in [6.07, 6.45) is -0.401. The minimum absolute atomic E-state index is 0.152. The lowest BCUT2D eigenvalue weighted by molar-refractivity contribution is 0.159. The molecule has 6 aromatic carbocycles. The molecule has 1 unspecified atom stereocenters. The SMILES string of the molecule is c1ccc([C@H]2OB(CC(B3O[C@H](c4ccccc4)[C@@H](c4ccccc4)O3)c3ccc4ccccc4c3)O[C@@H]2c2ccccc2)cc1. The van der Waals surface area contributed by atoms with E-state index in [9.17, 15) is 0 Å². The summed E-state index contributed by atoms with van der Waals surface area (Å²) >= 11 is 0. The zero-order valence-electron chi connectivity index (χ0n) is 25.5. The van der Waals surface area contributed by atoms with Crippen molar-refractivity contribution < 1.29 is 18.6 Å². The van der Waals surface area contributed by atoms with Crippen LogP contribution in [0.25, 0.3) is 10.8 Å². The molecule has 8 rings (SSSR count). The van der Waals surface area contributed by atoms with Crippen molar-refractivity contribution in [3.8, 4) is 0 Å². The van der Waals surface area contributed by atoms with E-state index in [0.29, 0.717) is 6.32 Å². The molecule has 0 saturated carbocycles. The first-order valence-electron chi connectivity index (χ1n) is 16.1. The summed E-state index contributed by atoms with van der Waals surface area (Å²) in [5.41, 5.74) is 5.52. The smallest absolute Gasteiger partial charge is 0.401 e. The van der Waals surface area contributed by atoms with Gasteiger partial charge in [0.25, 0.3) is 0 Å². The van der Waals surface area contributed by atoms with E-state index in [4.69, 9.17) is 18.6 Å². The van der Waals surface area contributed by atoms with E-state index in [2.05, 4.69) is 140 Å². The molecule has 2 saturated heterocycles. The normalized spacial score (nSPS) is 21.9. The summed E-state index contributed by atoms with van der Waals surface area (Å²) in [5, 5.41) is 2.38. The third-order valence-electron chi connectivity index (χ3n) is 9.20. The quantitative estimate of drug-likeness (QED) is 0.163. The lowest BCUT2D eigenvalue weighted by Crippen LogP contribution is -2.31. The molecule has 2 fully saturated rings. The van der Waals surface area contributed by atoms with Crippen LogP contribution in [-0.4, -0.2) is 14.2 Å². The molecule has 0 aliphatic carbocycles. The van der Waals surface area contributed by atoms with Gasteiger partial charge in [-0.3, -0.25) is 0 Å². The van der Waals surface area contributed by atoms with Crippen molar-refractivity contribution in [2.75, 3.05) is 0 Å². The standard InChI is InChI=1S/C40H34B2O4/c1-5-16-30(17-6-1)37-38(31-18-7-2-8-19-31)44-41(43-37)28-36(35-26-25-29-15-13-14-24-34(29)27-35)42-45-39(32-20-9-3-10-21-32)40(46-42)33-22-11-4-12-23-33/h1-27,36-40H,28H2/t36?,37-,38-,39-,40-/m1/s1. The van der Waals surface area contributed by atoms with Crippen molar-refractivity contribution in [3.05, 3.63) is 192 Å². The molecule has 2 heterocycles. The highest BCUT2D eigenvalue weighted by Crippen LogP contribution is 2.48. The highest BCUT2D eigenvalue weighted by molar-refractivity contribution is 6.53. The summed E-state index contributed by atoms with van der Waals surface area (Å²) in [6.45, 7) is 0. The van der Waals surface area contributed by atoms with Crippen molar-refractivity contribution >= 4 is 25.0 Å². The maximum absolute atomic E-state index is 6.94. The number of fused-ring (bicyclic) bond motifs is 1. The minimum atomic E-state index is -0.519. The minimum Gasteiger partial charge on any atom is -0.401 e. The van der Waals surface area contributed by atoms with E-state index in [-0.39, 0.29) is 30.2 Å². The zero-order chi connectivity index (χ0) is 30.7. The first kappa shape index (κ1) is 29.0. The summed E-state index contributed by atoms with van der Waals surface area (Å²) < 4.78 is 27.5. The van der Waals surface area contributed by atoms with Gasteiger partial charge in [0.05, 0.1) is 24.4 Å². The van der Waals surface area contributed by atoms with E-state index >= 15 is 0 Å². The second-order valence-corrected chi connectivity index (χ2v) is 12.1. The first-order valence-corrected chi connectivity index (χ1v) is 16.1. The maximum Gasteiger partial charge on any atom is 0.465 e. The van der Waals surface area contributed by atoms with Gasteiger partial charge in [-0.05, 0) is 44.9 Å². The Hall–Kier alpha value is -4.45. The Labute approximate surface area is 271 Å². The number of hydrogen-bond donors (Lipinski definition) is 0. The van der Waals surface area contributed by atoms with Gasteiger partial charge in [-0.25, -0.2) is 0 Å². The third kappa shape index (κ3) is 5.93. The average molecular weight is 600 g/mol. The molecule has 6 aromatic rings. The van der Waals surface area contributed by atoms with Gasteiger partial charge in [0, 0.05) is 5.82 Å². The van der Waals surface area contributed by atoms with Gasteiger partial charge in [0.1, 0.15) is 0 Å². The summed E-state index contributed by atoms with van der Waals surface area (Å²) in [4.78, 5) is 0. The Morgan fingerprint density at radius 2 is 0.804 bits per heavy atom. The van der Waals surface area contributed by atoms with Crippen LogP contribution in [0.1, 0.15) is 58.1 Å². The second-order valence-electron chi connectivity index (χ2n) is 12.1. The van der Waals surface area contributed by atoms with Crippen LogP contribution in [0.15, 0.2) is 164 Å². The molecular weight excluding hydrogens is 566 g/mol. The van der Waals surface area contributed by atoms with Crippen molar-refractivity contribution in [3.63, 3.8) is 0 Å². The lowest BCUT2D eigenvalue weighted by atomic mass is 9.58. The van der Waals surface area contributed by atoms with Gasteiger partial charge < -0.3 is 18.6 Å². The van der Waals surface area contributed by atoms with Gasteiger partial charge in [0.2, 0.25) is 0 Å². The molecule has 5 atom stereocenters. The molecule has 0 aromatic heterocycles. The fourth-order valence-corrected chi connectivity index (χ4v) is 6.90. The first-order chi connectivity index (χ1) is 22.8. The van der Waals surface area contributed by atoms with Crippen LogP contribution in [0.3, 0.4) is 0 Å². The van der Waals surface area contributed by atoms with Gasteiger partial charge in [-0.1, -0.05) is 164 Å². The Morgan fingerprint density at radius 3 is 1.26 bits per heavy atom. The van der Waals surface area contributed by atoms with Crippen molar-refractivity contribution in [1.29, 1.82) is 0 Å². The van der Waals surface area contributed by atoms with Gasteiger partial charge >= 0.3 is 14.2 Å². The topological polar surface area (TPSA) is 36.9 Å². The fourth-order valence-electron chi connectivity index (χ4n) is 6.90. The Kier molecular flexibility index (Phi) is 8.26. The van der Waals surface area contributed by atoms with Crippen LogP contribution in [0.5, 0.6) is 0 Å². The van der Waals surface area contributed by atoms with Crippen molar-refractivity contribution in [1.82, 2.24) is 0 Å². The number of rotatable bonds is 8. The molecule has 0 bridgehead atoms. The van der Waals surface area contributed by atoms with Crippen LogP contribution >= 0.6 is 0 Å². The van der Waals surface area contributed by atoms with Crippen LogP contribution in [-0.2, 0) is 18.6 Å². The molecule has 0 amide bonds. The summed E-state index contributed by atoms with van der Waals surface area (Å²) in [5.74, 6) is -0.152. The number of benzene rings is 6. The van der Waals surface area contributed by atoms with E-state index in [1.165, 1.54) is 10.8 Å². The van der Waals surface area contributed by atoms with Crippen molar-refractivity contribution in [2.24, 2.45) is 0 Å². The average Bonchev–Trinajstić information content (AvgIpc) is 3.77. The van der Waals surface area contributed by atoms with E-state index in [1.807, 2.05) is 24.3 Å². The highest BCUT2D eigenvalue weighted by atomic mass is 16.7. The molecule has 0 N–H and O–H groups in total. The van der Waals surface area contributed by atoms with Crippen LogP contribution in [0, 0.1) is 0 Å². The van der Waals surface area contributed by atoms with E-state index < -0.39 is 14.2 Å². The summed E-state index contributed by atoms with van der Waals surface area (Å²) in [7, 11) is -0.986. The lowest BCUT2D eigenvalue weighted by Gasteiger charge is -2.21. The molecule has 2 aliphatic rings. The molecule has 6 heteroatoms. The fraction of sp³-hybridized carbons (Fsp3) is 0.150. The Morgan fingerprint density at radius 1 is 0.413 bits per heavy atom. The second kappa shape index (κ2) is 13.1.